The summed E-state index contributed by atoms with van der Waals surface area (Å²) in [5.74, 6) is -3.67. The van der Waals surface area contributed by atoms with Gasteiger partial charge in [0.05, 0.1) is 0 Å². The Morgan fingerprint density at radius 2 is 1.65 bits per heavy atom. The summed E-state index contributed by atoms with van der Waals surface area (Å²) in [5, 5.41) is 3.08. The summed E-state index contributed by atoms with van der Waals surface area (Å²) in [6.45, 7) is 3.30. The number of rotatable bonds is 7. The zero-order chi connectivity index (χ0) is 12.7. The van der Waals surface area contributed by atoms with E-state index >= 15 is 0 Å². The van der Waals surface area contributed by atoms with Crippen molar-refractivity contribution in [3.63, 3.8) is 0 Å². The van der Waals surface area contributed by atoms with Gasteiger partial charge in [0, 0.05) is 6.54 Å². The molecule has 0 bridgehead atoms. The molecule has 1 rings (SSSR count). The van der Waals surface area contributed by atoms with Gasteiger partial charge >= 0.3 is 0 Å². The van der Waals surface area contributed by atoms with Gasteiger partial charge in [-0.05, 0) is 30.7 Å². The highest BCUT2D eigenvalue weighted by Gasteiger charge is 2.09. The van der Waals surface area contributed by atoms with E-state index in [1.165, 1.54) is 12.8 Å². The zero-order valence-corrected chi connectivity index (χ0v) is 10.0. The van der Waals surface area contributed by atoms with Crippen LogP contribution in [-0.2, 0) is 6.54 Å². The Balaban J connectivity index is 2.32. The number of halogens is 3. The highest BCUT2D eigenvalue weighted by Crippen LogP contribution is 2.13. The molecule has 0 spiro atoms. The van der Waals surface area contributed by atoms with Crippen LogP contribution in [0.2, 0.25) is 0 Å². The molecule has 0 amide bonds. The second-order valence-electron chi connectivity index (χ2n) is 4.11. The summed E-state index contributed by atoms with van der Waals surface area (Å²) in [5.41, 5.74) is 0.428. The first kappa shape index (κ1) is 14.0. The van der Waals surface area contributed by atoms with Crippen LogP contribution in [0, 0.1) is 17.5 Å². The monoisotopic (exact) mass is 245 g/mol. The van der Waals surface area contributed by atoms with Crippen molar-refractivity contribution < 1.29 is 13.2 Å². The second-order valence-corrected chi connectivity index (χ2v) is 4.11. The predicted octanol–water partition coefficient (Wildman–Crippen LogP) is 3.77. The maximum atomic E-state index is 12.9. The third-order valence-corrected chi connectivity index (χ3v) is 2.58. The largest absolute Gasteiger partial charge is 0.313 e. The molecule has 4 heteroatoms. The van der Waals surface area contributed by atoms with Crippen LogP contribution in [0.25, 0.3) is 0 Å². The van der Waals surface area contributed by atoms with E-state index in [9.17, 15) is 13.2 Å². The zero-order valence-electron chi connectivity index (χ0n) is 10.0. The van der Waals surface area contributed by atoms with Gasteiger partial charge in [-0.15, -0.1) is 0 Å². The molecule has 1 N–H and O–H groups in total. The molecule has 1 aromatic carbocycles. The van der Waals surface area contributed by atoms with Crippen LogP contribution in [0.5, 0.6) is 0 Å². The molecular formula is C13H18F3N. The van der Waals surface area contributed by atoms with E-state index in [1.807, 2.05) is 0 Å². The van der Waals surface area contributed by atoms with E-state index in [1.54, 1.807) is 0 Å². The van der Waals surface area contributed by atoms with Crippen LogP contribution in [0.15, 0.2) is 12.1 Å². The first-order chi connectivity index (χ1) is 8.15. The van der Waals surface area contributed by atoms with Crippen molar-refractivity contribution in [2.45, 2.75) is 39.2 Å². The van der Waals surface area contributed by atoms with Gasteiger partial charge < -0.3 is 5.32 Å². The van der Waals surface area contributed by atoms with Crippen LogP contribution in [0.4, 0.5) is 13.2 Å². The molecule has 96 valence electrons. The number of hydrogen-bond acceptors (Lipinski definition) is 1. The molecule has 0 heterocycles. The smallest absolute Gasteiger partial charge is 0.194 e. The van der Waals surface area contributed by atoms with Crippen LogP contribution < -0.4 is 5.32 Å². The number of hydrogen-bond donors (Lipinski definition) is 1. The van der Waals surface area contributed by atoms with Gasteiger partial charge in [0.2, 0.25) is 0 Å². The first-order valence-electron chi connectivity index (χ1n) is 5.99. The van der Waals surface area contributed by atoms with Crippen LogP contribution in [-0.4, -0.2) is 6.54 Å². The highest BCUT2D eigenvalue weighted by atomic mass is 19.2. The molecular weight excluding hydrogens is 227 g/mol. The van der Waals surface area contributed by atoms with Crippen molar-refractivity contribution in [1.82, 2.24) is 5.32 Å². The molecule has 0 aliphatic heterocycles. The van der Waals surface area contributed by atoms with Crippen molar-refractivity contribution in [3.05, 3.63) is 35.1 Å². The second kappa shape index (κ2) is 7.33. The van der Waals surface area contributed by atoms with E-state index in [4.69, 9.17) is 0 Å². The minimum Gasteiger partial charge on any atom is -0.313 e. The van der Waals surface area contributed by atoms with Crippen LogP contribution >= 0.6 is 0 Å². The molecule has 0 radical (unpaired) electrons. The fraction of sp³-hybridized carbons (Fsp3) is 0.538. The van der Waals surface area contributed by atoms with Crippen molar-refractivity contribution in [1.29, 1.82) is 0 Å². The quantitative estimate of drug-likeness (QED) is 0.569. The lowest BCUT2D eigenvalue weighted by Crippen LogP contribution is -2.15. The maximum absolute atomic E-state index is 12.9. The molecule has 0 saturated carbocycles. The fourth-order valence-corrected chi connectivity index (χ4v) is 1.62. The van der Waals surface area contributed by atoms with Gasteiger partial charge in [0.1, 0.15) is 0 Å². The summed E-state index contributed by atoms with van der Waals surface area (Å²) >= 11 is 0. The van der Waals surface area contributed by atoms with Gasteiger partial charge in [-0.25, -0.2) is 13.2 Å². The maximum Gasteiger partial charge on any atom is 0.194 e. The highest BCUT2D eigenvalue weighted by molar-refractivity contribution is 5.19. The van der Waals surface area contributed by atoms with Crippen molar-refractivity contribution in [2.24, 2.45) is 0 Å². The van der Waals surface area contributed by atoms with Gasteiger partial charge in [0.25, 0.3) is 0 Å². The average Bonchev–Trinajstić information content (AvgIpc) is 2.30. The van der Waals surface area contributed by atoms with E-state index in [0.717, 1.165) is 31.5 Å². The Morgan fingerprint density at radius 3 is 2.24 bits per heavy atom. The van der Waals surface area contributed by atoms with Gasteiger partial charge in [0.15, 0.2) is 17.5 Å². The lowest BCUT2D eigenvalue weighted by atomic mass is 10.2. The number of benzene rings is 1. The summed E-state index contributed by atoms with van der Waals surface area (Å²) in [4.78, 5) is 0. The lowest BCUT2D eigenvalue weighted by molar-refractivity contribution is 0.444. The normalized spacial score (nSPS) is 10.8. The predicted molar refractivity (Wildman–Crippen MR) is 62.2 cm³/mol. The standard InChI is InChI=1S/C13H18F3N/c1-2-3-4-5-6-17-9-10-7-11(14)13(16)12(15)8-10/h7-8,17H,2-6,9H2,1H3. The van der Waals surface area contributed by atoms with Crippen LogP contribution in [0.3, 0.4) is 0 Å². The Labute approximate surface area is 100 Å². The lowest BCUT2D eigenvalue weighted by Gasteiger charge is -2.05. The third kappa shape index (κ3) is 4.77. The van der Waals surface area contributed by atoms with Gasteiger partial charge in [-0.3, -0.25) is 0 Å². The Bertz CT molecular complexity index is 330. The molecule has 0 aromatic heterocycles. The number of unbranched alkanes of at least 4 members (excludes halogenated alkanes) is 3. The van der Waals surface area contributed by atoms with Crippen LogP contribution in [0.1, 0.15) is 38.2 Å². The van der Waals surface area contributed by atoms with E-state index in [0.29, 0.717) is 12.1 Å². The SMILES string of the molecule is CCCCCCNCc1cc(F)c(F)c(F)c1. The minimum atomic E-state index is -1.41. The van der Waals surface area contributed by atoms with E-state index in [2.05, 4.69) is 12.2 Å². The summed E-state index contributed by atoms with van der Waals surface area (Å²) < 4.78 is 38.4. The van der Waals surface area contributed by atoms with Crippen molar-refractivity contribution in [2.75, 3.05) is 6.54 Å². The van der Waals surface area contributed by atoms with Crippen molar-refractivity contribution >= 4 is 0 Å². The number of nitrogens with one attached hydrogen (secondary N) is 1. The molecule has 0 saturated heterocycles. The van der Waals surface area contributed by atoms with E-state index in [-0.39, 0.29) is 0 Å². The molecule has 0 atom stereocenters. The molecule has 0 aliphatic rings. The molecule has 0 fully saturated rings. The minimum absolute atomic E-state index is 0.361. The van der Waals surface area contributed by atoms with Gasteiger partial charge in [-0.2, -0.15) is 0 Å². The molecule has 0 aliphatic carbocycles. The topological polar surface area (TPSA) is 12.0 Å². The summed E-state index contributed by atoms with van der Waals surface area (Å²) in [7, 11) is 0. The Hall–Kier alpha value is -1.03. The Morgan fingerprint density at radius 1 is 1.00 bits per heavy atom. The molecule has 17 heavy (non-hydrogen) atoms. The molecule has 1 nitrogen and oxygen atoms in total. The molecule has 0 unspecified atom stereocenters. The Kier molecular flexibility index (Phi) is 6.05. The summed E-state index contributed by atoms with van der Waals surface area (Å²) in [6, 6.07) is 2.05. The fourth-order valence-electron chi connectivity index (χ4n) is 1.62. The summed E-state index contributed by atoms with van der Waals surface area (Å²) in [6.07, 6.45) is 4.56. The third-order valence-electron chi connectivity index (χ3n) is 2.58. The van der Waals surface area contributed by atoms with E-state index < -0.39 is 17.5 Å². The molecule has 1 aromatic rings. The average molecular weight is 245 g/mol. The van der Waals surface area contributed by atoms with Gasteiger partial charge in [-0.1, -0.05) is 26.2 Å². The van der Waals surface area contributed by atoms with Crippen molar-refractivity contribution in [3.8, 4) is 0 Å². The first-order valence-corrected chi connectivity index (χ1v) is 5.99.